The number of likely N-dealkylation sites (tertiary alicyclic amines) is 2. The van der Waals surface area contributed by atoms with Crippen molar-refractivity contribution in [3.05, 3.63) is 18.0 Å². The molecule has 3 saturated carbocycles. The highest BCUT2D eigenvalue weighted by atomic mass is 16.1. The van der Waals surface area contributed by atoms with Gasteiger partial charge in [0.2, 0.25) is 5.95 Å². The van der Waals surface area contributed by atoms with Crippen LogP contribution in [0.15, 0.2) is 12.4 Å². The first-order chi connectivity index (χ1) is 18.3. The number of aromatic nitrogens is 2. The molecule has 6 heteroatoms. The van der Waals surface area contributed by atoms with Crippen LogP contribution < -0.4 is 4.90 Å². The quantitative estimate of drug-likeness (QED) is 0.439. The highest BCUT2D eigenvalue weighted by Crippen LogP contribution is 2.58. The van der Waals surface area contributed by atoms with Crippen molar-refractivity contribution in [3.63, 3.8) is 0 Å². The highest BCUT2D eigenvalue weighted by Gasteiger charge is 2.52. The van der Waals surface area contributed by atoms with E-state index in [0.29, 0.717) is 35.2 Å². The predicted octanol–water partition coefficient (Wildman–Crippen LogP) is 5.67. The number of carbonyl (C=O) groups is 1. The van der Waals surface area contributed by atoms with E-state index in [-0.39, 0.29) is 11.3 Å². The summed E-state index contributed by atoms with van der Waals surface area (Å²) in [5.41, 5.74) is 1.83. The fourth-order valence-electron chi connectivity index (χ4n) is 8.94. The minimum absolute atomic E-state index is 0.0239. The van der Waals surface area contributed by atoms with Crippen LogP contribution in [0.3, 0.4) is 0 Å². The Morgan fingerprint density at radius 3 is 2.03 bits per heavy atom. The Bertz CT molecular complexity index is 946. The van der Waals surface area contributed by atoms with Crippen molar-refractivity contribution in [2.75, 3.05) is 37.6 Å². The molecule has 4 heterocycles. The minimum Gasteiger partial charge on any atom is -0.332 e. The highest BCUT2D eigenvalue weighted by molar-refractivity contribution is 5.86. The van der Waals surface area contributed by atoms with Gasteiger partial charge in [-0.25, -0.2) is 9.97 Å². The number of fused-ring (bicyclic) bond motifs is 5. The third kappa shape index (κ3) is 4.82. The summed E-state index contributed by atoms with van der Waals surface area (Å²) < 4.78 is 0. The first-order valence-electron chi connectivity index (χ1n) is 15.9. The number of Topliss-reactive ketones (excluding diaryl/α,β-unsaturated/α-hetero) is 1. The molecule has 3 atom stereocenters. The van der Waals surface area contributed by atoms with Crippen LogP contribution in [0, 0.1) is 16.7 Å². The molecule has 38 heavy (non-hydrogen) atoms. The number of hydrogen-bond donors (Lipinski definition) is 0. The van der Waals surface area contributed by atoms with Crippen LogP contribution in [0.5, 0.6) is 0 Å². The van der Waals surface area contributed by atoms with E-state index >= 15 is 0 Å². The van der Waals surface area contributed by atoms with E-state index in [9.17, 15) is 4.79 Å². The molecule has 3 aliphatic carbocycles. The van der Waals surface area contributed by atoms with Crippen molar-refractivity contribution in [1.82, 2.24) is 19.8 Å². The van der Waals surface area contributed by atoms with E-state index in [1.54, 1.807) is 0 Å². The number of anilines is 1. The summed E-state index contributed by atoms with van der Waals surface area (Å²) in [5.74, 6) is 2.28. The van der Waals surface area contributed by atoms with Gasteiger partial charge in [-0.05, 0) is 108 Å². The third-order valence-electron chi connectivity index (χ3n) is 11.7. The van der Waals surface area contributed by atoms with Crippen molar-refractivity contribution in [3.8, 4) is 0 Å². The molecule has 6 fully saturated rings. The zero-order valence-electron chi connectivity index (χ0n) is 24.5. The Morgan fingerprint density at radius 1 is 0.921 bits per heavy atom. The number of ketones is 1. The normalized spacial score (nSPS) is 35.2. The largest absolute Gasteiger partial charge is 0.332 e. The van der Waals surface area contributed by atoms with Gasteiger partial charge in [0, 0.05) is 61.5 Å². The Labute approximate surface area is 231 Å². The fraction of sp³-hybridized carbons (Fsp3) is 0.844. The molecule has 7 rings (SSSR count). The summed E-state index contributed by atoms with van der Waals surface area (Å²) in [5, 5.41) is 0. The molecule has 4 bridgehead atoms. The summed E-state index contributed by atoms with van der Waals surface area (Å²) in [6.45, 7) is 14.8. The van der Waals surface area contributed by atoms with Crippen LogP contribution in [-0.4, -0.2) is 76.4 Å². The van der Waals surface area contributed by atoms with E-state index in [1.165, 1.54) is 76.6 Å². The lowest BCUT2D eigenvalue weighted by atomic mass is 9.51. The van der Waals surface area contributed by atoms with Gasteiger partial charge in [-0.15, -0.1) is 0 Å². The molecule has 210 valence electrons. The third-order valence-corrected chi connectivity index (χ3v) is 11.7. The summed E-state index contributed by atoms with van der Waals surface area (Å²) in [6.07, 6.45) is 17.7. The van der Waals surface area contributed by atoms with Crippen molar-refractivity contribution in [1.29, 1.82) is 0 Å². The number of piperazine rings is 1. The average Bonchev–Trinajstić information content (AvgIpc) is 3.22. The number of carbonyl (C=O) groups excluding carboxylic acids is 1. The molecule has 3 unspecified atom stereocenters. The number of piperidine rings is 1. The van der Waals surface area contributed by atoms with Crippen molar-refractivity contribution >= 4 is 11.7 Å². The summed E-state index contributed by atoms with van der Waals surface area (Å²) >= 11 is 0. The van der Waals surface area contributed by atoms with Gasteiger partial charge in [0.15, 0.2) is 0 Å². The van der Waals surface area contributed by atoms with E-state index < -0.39 is 0 Å². The van der Waals surface area contributed by atoms with Gasteiger partial charge >= 0.3 is 0 Å². The monoisotopic (exact) mass is 521 g/mol. The molecule has 0 amide bonds. The predicted molar refractivity (Wildman–Crippen MR) is 153 cm³/mol. The van der Waals surface area contributed by atoms with Crippen molar-refractivity contribution in [2.24, 2.45) is 16.7 Å². The second-order valence-corrected chi connectivity index (χ2v) is 14.2. The summed E-state index contributed by atoms with van der Waals surface area (Å²) in [4.78, 5) is 30.8. The Balaban J connectivity index is 1.01. The van der Waals surface area contributed by atoms with E-state index in [1.807, 2.05) is 0 Å². The van der Waals surface area contributed by atoms with Gasteiger partial charge in [-0.1, -0.05) is 20.8 Å². The second kappa shape index (κ2) is 10.5. The lowest BCUT2D eigenvalue weighted by Crippen LogP contribution is -2.56. The second-order valence-electron chi connectivity index (χ2n) is 14.2. The molecule has 1 aromatic rings. The smallest absolute Gasteiger partial charge is 0.225 e. The van der Waals surface area contributed by atoms with E-state index in [2.05, 4.69) is 54.8 Å². The maximum absolute atomic E-state index is 12.9. The number of nitrogens with zero attached hydrogens (tertiary/aromatic N) is 5. The van der Waals surface area contributed by atoms with E-state index in [0.717, 1.165) is 38.3 Å². The zero-order valence-corrected chi connectivity index (χ0v) is 24.5. The molecule has 1 aromatic heterocycles. The van der Waals surface area contributed by atoms with Gasteiger partial charge in [0.05, 0.1) is 0 Å². The zero-order chi connectivity index (χ0) is 26.5. The minimum atomic E-state index is 0.0239. The van der Waals surface area contributed by atoms with E-state index in [4.69, 9.17) is 9.97 Å². The Hall–Kier alpha value is -1.53. The van der Waals surface area contributed by atoms with Crippen LogP contribution in [0.4, 0.5) is 5.95 Å². The first kappa shape index (κ1) is 26.7. The maximum atomic E-state index is 12.9. The topological polar surface area (TPSA) is 52.6 Å². The van der Waals surface area contributed by atoms with Crippen molar-refractivity contribution < 1.29 is 4.79 Å². The molecule has 0 aromatic carbocycles. The Morgan fingerprint density at radius 2 is 1.50 bits per heavy atom. The molecule has 6 aliphatic rings. The van der Waals surface area contributed by atoms with Crippen LogP contribution in [0.2, 0.25) is 0 Å². The van der Waals surface area contributed by atoms with Gasteiger partial charge in [-0.2, -0.15) is 0 Å². The lowest BCUT2D eigenvalue weighted by molar-refractivity contribution is -0.142. The molecule has 0 N–H and O–H groups in total. The van der Waals surface area contributed by atoms with Gasteiger partial charge in [0.25, 0.3) is 0 Å². The maximum Gasteiger partial charge on any atom is 0.225 e. The first-order valence-corrected chi connectivity index (χ1v) is 15.9. The van der Waals surface area contributed by atoms with Crippen LogP contribution in [0.25, 0.3) is 0 Å². The number of hydrogen-bond acceptors (Lipinski definition) is 6. The fourth-order valence-corrected chi connectivity index (χ4v) is 8.94. The molecule has 0 spiro atoms. The molecule has 6 nitrogen and oxygen atoms in total. The van der Waals surface area contributed by atoms with Crippen LogP contribution in [-0.2, 0) is 4.79 Å². The molecular formula is C32H51N5O. The molecule has 3 saturated heterocycles. The summed E-state index contributed by atoms with van der Waals surface area (Å²) in [6, 6.07) is 1.82. The summed E-state index contributed by atoms with van der Waals surface area (Å²) in [7, 11) is 0. The standard InChI is InChI=1S/C32H51N5O/c1-5-24(4)36-20-27-6-7-28(21-36)37(27)30-33-18-26(19-34-30)25-8-16-35(17-9-25)22-31-10-13-32(14-11-31,15-12-31)29(38)23(2)3/h18-19,23-25,27-28H,5-17,20-22H2,1-4H3. The van der Waals surface area contributed by atoms with Crippen LogP contribution in [0.1, 0.15) is 110 Å². The SMILES string of the molecule is CCC(C)N1CC2CCC(C1)N2c1ncc(C2CCN(CC34CCC(C(=O)C(C)C)(CC3)CC4)CC2)cn1. The average molecular weight is 522 g/mol. The van der Waals surface area contributed by atoms with Gasteiger partial charge in [-0.3, -0.25) is 9.69 Å². The molecule has 0 radical (unpaired) electrons. The lowest BCUT2D eigenvalue weighted by Gasteiger charge is -2.55. The van der Waals surface area contributed by atoms with Gasteiger partial charge < -0.3 is 9.80 Å². The van der Waals surface area contributed by atoms with Gasteiger partial charge in [0.1, 0.15) is 5.78 Å². The van der Waals surface area contributed by atoms with Crippen LogP contribution >= 0.6 is 0 Å². The molecule has 3 aliphatic heterocycles. The van der Waals surface area contributed by atoms with Crippen molar-refractivity contribution in [2.45, 2.75) is 122 Å². The number of rotatable bonds is 8. The Kier molecular flexibility index (Phi) is 7.35. The molecular weight excluding hydrogens is 470 g/mol.